The SMILES string of the molecule is Cc1ccc(Cl)c(NC(=O)[C@H]2CC(C)C[C@H]2C(=O)O)c1Cl. The molecule has 6 heteroatoms. The number of halogens is 2. The molecular weight excluding hydrogens is 313 g/mol. The number of carboxylic acids is 1. The van der Waals surface area contributed by atoms with Gasteiger partial charge in [0.2, 0.25) is 5.91 Å². The maximum Gasteiger partial charge on any atom is 0.307 e. The number of carbonyl (C=O) groups excluding carboxylic acids is 1. The van der Waals surface area contributed by atoms with Crippen molar-refractivity contribution in [3.8, 4) is 0 Å². The highest BCUT2D eigenvalue weighted by atomic mass is 35.5. The quantitative estimate of drug-likeness (QED) is 0.881. The third-order valence-corrected chi connectivity index (χ3v) is 4.79. The van der Waals surface area contributed by atoms with Crippen molar-refractivity contribution in [3.63, 3.8) is 0 Å². The first-order valence-electron chi connectivity index (χ1n) is 6.79. The lowest BCUT2D eigenvalue weighted by atomic mass is 9.95. The summed E-state index contributed by atoms with van der Waals surface area (Å²) in [5.41, 5.74) is 1.15. The first-order valence-corrected chi connectivity index (χ1v) is 7.55. The van der Waals surface area contributed by atoms with Crippen molar-refractivity contribution in [1.29, 1.82) is 0 Å². The van der Waals surface area contributed by atoms with E-state index in [0.717, 1.165) is 5.56 Å². The van der Waals surface area contributed by atoms with E-state index in [-0.39, 0.29) is 11.8 Å². The van der Waals surface area contributed by atoms with Gasteiger partial charge in [0.1, 0.15) is 0 Å². The summed E-state index contributed by atoms with van der Waals surface area (Å²) >= 11 is 12.2. The van der Waals surface area contributed by atoms with Crippen LogP contribution in [-0.2, 0) is 9.59 Å². The molecule has 0 aromatic heterocycles. The predicted octanol–water partition coefficient (Wildman–Crippen LogP) is 3.99. The minimum absolute atomic E-state index is 0.213. The third kappa shape index (κ3) is 3.33. The number of benzene rings is 1. The highest BCUT2D eigenvalue weighted by Gasteiger charge is 2.41. The van der Waals surface area contributed by atoms with Gasteiger partial charge in [0, 0.05) is 0 Å². The van der Waals surface area contributed by atoms with Crippen molar-refractivity contribution in [1.82, 2.24) is 0 Å². The molecule has 2 rings (SSSR count). The summed E-state index contributed by atoms with van der Waals surface area (Å²) in [6.07, 6.45) is 1.08. The van der Waals surface area contributed by atoms with Crippen molar-refractivity contribution in [2.45, 2.75) is 26.7 Å². The molecule has 4 nitrogen and oxygen atoms in total. The van der Waals surface area contributed by atoms with Crippen LogP contribution < -0.4 is 5.32 Å². The van der Waals surface area contributed by atoms with Gasteiger partial charge in [0.15, 0.2) is 0 Å². The van der Waals surface area contributed by atoms with E-state index in [4.69, 9.17) is 23.2 Å². The molecule has 2 N–H and O–H groups in total. The summed E-state index contributed by atoms with van der Waals surface area (Å²) in [5.74, 6) is -2.25. The first-order chi connectivity index (χ1) is 9.81. The molecule has 1 saturated carbocycles. The van der Waals surface area contributed by atoms with E-state index in [1.807, 2.05) is 13.8 Å². The topological polar surface area (TPSA) is 66.4 Å². The Kier molecular flexibility index (Phi) is 4.79. The van der Waals surface area contributed by atoms with Crippen LogP contribution >= 0.6 is 23.2 Å². The molecule has 0 heterocycles. The summed E-state index contributed by atoms with van der Waals surface area (Å²) in [4.78, 5) is 23.7. The monoisotopic (exact) mass is 329 g/mol. The Balaban J connectivity index is 2.22. The number of nitrogens with one attached hydrogen (secondary N) is 1. The average molecular weight is 330 g/mol. The van der Waals surface area contributed by atoms with Crippen LogP contribution in [0.2, 0.25) is 10.0 Å². The van der Waals surface area contributed by atoms with E-state index < -0.39 is 17.8 Å². The number of carboxylic acid groups (broad SMARTS) is 1. The van der Waals surface area contributed by atoms with Crippen LogP contribution in [0.1, 0.15) is 25.3 Å². The van der Waals surface area contributed by atoms with E-state index in [1.165, 1.54) is 0 Å². The van der Waals surface area contributed by atoms with E-state index >= 15 is 0 Å². The maximum absolute atomic E-state index is 12.4. The number of rotatable bonds is 3. The Hall–Kier alpha value is -1.26. The normalized spacial score (nSPS) is 24.9. The third-order valence-electron chi connectivity index (χ3n) is 3.98. The second kappa shape index (κ2) is 6.24. The predicted molar refractivity (Wildman–Crippen MR) is 82.8 cm³/mol. The molecule has 1 aliphatic rings. The Labute approximate surface area is 133 Å². The molecule has 1 fully saturated rings. The van der Waals surface area contributed by atoms with Crippen molar-refractivity contribution in [3.05, 3.63) is 27.7 Å². The van der Waals surface area contributed by atoms with Crippen molar-refractivity contribution >= 4 is 40.8 Å². The second-order valence-corrected chi connectivity index (χ2v) is 6.46. The van der Waals surface area contributed by atoms with Gasteiger partial charge in [0.05, 0.1) is 27.6 Å². The fraction of sp³-hybridized carbons (Fsp3) is 0.467. The zero-order valence-corrected chi connectivity index (χ0v) is 13.3. The molecule has 0 saturated heterocycles. The molecule has 3 atom stereocenters. The van der Waals surface area contributed by atoms with Gasteiger partial charge in [-0.25, -0.2) is 0 Å². The van der Waals surface area contributed by atoms with Crippen LogP contribution in [0.3, 0.4) is 0 Å². The van der Waals surface area contributed by atoms with E-state index in [0.29, 0.717) is 28.6 Å². The highest BCUT2D eigenvalue weighted by molar-refractivity contribution is 6.40. The lowest BCUT2D eigenvalue weighted by Gasteiger charge is -2.17. The molecule has 21 heavy (non-hydrogen) atoms. The number of hydrogen-bond acceptors (Lipinski definition) is 2. The first kappa shape index (κ1) is 16.1. The number of amides is 1. The number of aliphatic carboxylic acids is 1. The molecule has 0 aliphatic heterocycles. The molecule has 0 bridgehead atoms. The van der Waals surface area contributed by atoms with Gasteiger partial charge in [-0.1, -0.05) is 36.2 Å². The summed E-state index contributed by atoms with van der Waals surface area (Å²) in [5, 5.41) is 12.7. The van der Waals surface area contributed by atoms with Crippen LogP contribution in [0.4, 0.5) is 5.69 Å². The van der Waals surface area contributed by atoms with Gasteiger partial charge in [0.25, 0.3) is 0 Å². The van der Waals surface area contributed by atoms with Gasteiger partial charge >= 0.3 is 5.97 Å². The largest absolute Gasteiger partial charge is 0.481 e. The Bertz CT molecular complexity index is 589. The van der Waals surface area contributed by atoms with Gasteiger partial charge in [-0.3, -0.25) is 9.59 Å². The van der Waals surface area contributed by atoms with Gasteiger partial charge < -0.3 is 10.4 Å². The maximum atomic E-state index is 12.4. The summed E-state index contributed by atoms with van der Waals surface area (Å²) < 4.78 is 0. The molecule has 1 aliphatic carbocycles. The molecule has 1 aromatic rings. The second-order valence-electron chi connectivity index (χ2n) is 5.67. The Morgan fingerprint density at radius 1 is 1.24 bits per heavy atom. The fourth-order valence-electron chi connectivity index (χ4n) is 2.84. The fourth-order valence-corrected chi connectivity index (χ4v) is 3.31. The molecule has 114 valence electrons. The molecule has 0 spiro atoms. The van der Waals surface area contributed by atoms with Crippen molar-refractivity contribution in [2.75, 3.05) is 5.32 Å². The lowest BCUT2D eigenvalue weighted by Crippen LogP contribution is -2.30. The summed E-state index contributed by atoms with van der Waals surface area (Å²) in [6, 6.07) is 3.42. The van der Waals surface area contributed by atoms with Crippen LogP contribution in [0.15, 0.2) is 12.1 Å². The van der Waals surface area contributed by atoms with Crippen LogP contribution in [0.5, 0.6) is 0 Å². The molecule has 1 amide bonds. The minimum Gasteiger partial charge on any atom is -0.481 e. The zero-order chi connectivity index (χ0) is 15.7. The van der Waals surface area contributed by atoms with Gasteiger partial charge in [-0.05, 0) is 37.3 Å². The van der Waals surface area contributed by atoms with Gasteiger partial charge in [-0.2, -0.15) is 0 Å². The minimum atomic E-state index is -0.930. The van der Waals surface area contributed by atoms with Crippen LogP contribution in [0.25, 0.3) is 0 Å². The van der Waals surface area contributed by atoms with Crippen LogP contribution in [0, 0.1) is 24.7 Å². The van der Waals surface area contributed by atoms with Crippen molar-refractivity contribution < 1.29 is 14.7 Å². The smallest absolute Gasteiger partial charge is 0.307 e. The molecular formula is C15H17Cl2NO3. The Morgan fingerprint density at radius 2 is 1.86 bits per heavy atom. The highest BCUT2D eigenvalue weighted by Crippen LogP contribution is 2.39. The summed E-state index contributed by atoms with van der Waals surface area (Å²) in [6.45, 7) is 3.77. The average Bonchev–Trinajstić information content (AvgIpc) is 2.81. The Morgan fingerprint density at radius 3 is 2.48 bits per heavy atom. The number of aryl methyl sites for hydroxylation is 1. The van der Waals surface area contributed by atoms with Crippen molar-refractivity contribution in [2.24, 2.45) is 17.8 Å². The summed E-state index contributed by atoms with van der Waals surface area (Å²) in [7, 11) is 0. The molecule has 0 radical (unpaired) electrons. The molecule has 1 aromatic carbocycles. The lowest BCUT2D eigenvalue weighted by molar-refractivity contribution is -0.145. The standard InChI is InChI=1S/C15H17Cl2NO3/c1-7-5-9(10(6-7)15(20)21)14(19)18-13-11(16)4-3-8(2)12(13)17/h3-4,7,9-10H,5-6H2,1-2H3,(H,18,19)(H,20,21)/t7?,9-,10+/m0/s1. The van der Waals surface area contributed by atoms with E-state index in [2.05, 4.69) is 5.32 Å². The number of carbonyl (C=O) groups is 2. The number of hydrogen-bond donors (Lipinski definition) is 2. The molecule has 1 unspecified atom stereocenters. The van der Waals surface area contributed by atoms with Crippen LogP contribution in [-0.4, -0.2) is 17.0 Å². The van der Waals surface area contributed by atoms with E-state index in [1.54, 1.807) is 12.1 Å². The number of anilines is 1. The zero-order valence-electron chi connectivity index (χ0n) is 11.8. The van der Waals surface area contributed by atoms with Gasteiger partial charge in [-0.15, -0.1) is 0 Å². The van der Waals surface area contributed by atoms with E-state index in [9.17, 15) is 14.7 Å².